The first-order valence-electron chi connectivity index (χ1n) is 11.6. The summed E-state index contributed by atoms with van der Waals surface area (Å²) in [6.45, 7) is 0.0596. The van der Waals surface area contributed by atoms with E-state index in [-0.39, 0.29) is 19.8 Å². The third kappa shape index (κ3) is 7.16. The maximum Gasteiger partial charge on any atom is 0.573 e. The third-order valence-electron chi connectivity index (χ3n) is 5.78. The number of hydrogen-bond acceptors (Lipinski definition) is 6. The Morgan fingerprint density at radius 3 is 2.33 bits per heavy atom. The van der Waals surface area contributed by atoms with Crippen LogP contribution in [0.15, 0.2) is 66.7 Å². The van der Waals surface area contributed by atoms with Crippen molar-refractivity contribution in [1.82, 2.24) is 0 Å². The van der Waals surface area contributed by atoms with Gasteiger partial charge in [0.1, 0.15) is 18.1 Å². The second-order valence-corrected chi connectivity index (χ2v) is 9.55. The van der Waals surface area contributed by atoms with E-state index in [0.29, 0.717) is 28.1 Å². The van der Waals surface area contributed by atoms with E-state index in [9.17, 15) is 34.9 Å². The minimum absolute atomic E-state index is 0.0160. The van der Waals surface area contributed by atoms with Crippen LogP contribution < -0.4 is 19.1 Å². The van der Waals surface area contributed by atoms with E-state index < -0.39 is 47.5 Å². The predicted molar refractivity (Wildman–Crippen MR) is 132 cm³/mol. The SMILES string of the molecule is CS(=O)OCCN1c2cccc(-c3cccc(OC(F)(F)F)c3)c2OCC1c1cccc(OC(F)(F)C(F)F)c1. The lowest BCUT2D eigenvalue weighted by Crippen LogP contribution is -2.39. The van der Waals surface area contributed by atoms with Crippen LogP contribution in [0.2, 0.25) is 0 Å². The lowest BCUT2D eigenvalue weighted by atomic mass is 9.98. The molecule has 2 atom stereocenters. The maximum atomic E-state index is 13.5. The number of ether oxygens (including phenoxy) is 3. The van der Waals surface area contributed by atoms with Crippen LogP contribution in [0.3, 0.4) is 0 Å². The first kappa shape index (κ1) is 29.5. The van der Waals surface area contributed by atoms with Crippen LogP contribution in [-0.4, -0.2) is 49.1 Å². The molecule has 6 nitrogen and oxygen atoms in total. The number of anilines is 1. The van der Waals surface area contributed by atoms with Crippen LogP contribution in [0.1, 0.15) is 11.6 Å². The molecule has 0 spiro atoms. The van der Waals surface area contributed by atoms with E-state index >= 15 is 0 Å². The summed E-state index contributed by atoms with van der Waals surface area (Å²) in [4.78, 5) is 1.77. The Morgan fingerprint density at radius 2 is 1.65 bits per heavy atom. The minimum atomic E-state index is -4.88. The lowest BCUT2D eigenvalue weighted by molar-refractivity contribution is -0.274. The maximum absolute atomic E-state index is 13.5. The van der Waals surface area contributed by atoms with Crippen molar-refractivity contribution in [2.75, 3.05) is 30.9 Å². The molecular formula is C26H22F7NO5S. The number of para-hydroxylation sites is 1. The van der Waals surface area contributed by atoms with Crippen LogP contribution in [0, 0.1) is 0 Å². The largest absolute Gasteiger partial charge is 0.573 e. The number of hydrogen-bond donors (Lipinski definition) is 0. The van der Waals surface area contributed by atoms with Gasteiger partial charge >= 0.3 is 18.9 Å². The number of fused-ring (bicyclic) bond motifs is 1. The van der Waals surface area contributed by atoms with Crippen molar-refractivity contribution in [3.8, 4) is 28.4 Å². The fourth-order valence-corrected chi connectivity index (χ4v) is 4.51. The number of nitrogens with zero attached hydrogens (tertiary/aromatic N) is 1. The quantitative estimate of drug-likeness (QED) is 0.243. The average molecular weight is 594 g/mol. The van der Waals surface area contributed by atoms with E-state index in [1.54, 1.807) is 35.2 Å². The molecule has 0 saturated carbocycles. The van der Waals surface area contributed by atoms with Gasteiger partial charge < -0.3 is 19.1 Å². The van der Waals surface area contributed by atoms with Crippen molar-refractivity contribution in [2.45, 2.75) is 24.9 Å². The van der Waals surface area contributed by atoms with E-state index in [1.165, 1.54) is 30.5 Å². The van der Waals surface area contributed by atoms with Gasteiger partial charge in [-0.15, -0.1) is 13.2 Å². The van der Waals surface area contributed by atoms with Gasteiger partial charge in [0, 0.05) is 18.4 Å². The molecule has 0 fully saturated rings. The van der Waals surface area contributed by atoms with E-state index in [4.69, 9.17) is 8.92 Å². The topological polar surface area (TPSA) is 57.2 Å². The molecule has 0 N–H and O–H groups in total. The summed E-state index contributed by atoms with van der Waals surface area (Å²) >= 11 is -1.59. The van der Waals surface area contributed by atoms with Crippen molar-refractivity contribution in [3.05, 3.63) is 72.3 Å². The van der Waals surface area contributed by atoms with Crippen molar-refractivity contribution in [3.63, 3.8) is 0 Å². The summed E-state index contributed by atoms with van der Waals surface area (Å²) in [6.07, 6.45) is -12.3. The smallest absolute Gasteiger partial charge is 0.488 e. The van der Waals surface area contributed by atoms with Gasteiger partial charge in [-0.25, -0.2) is 4.21 Å². The van der Waals surface area contributed by atoms with Crippen molar-refractivity contribution < 1.29 is 53.3 Å². The Balaban J connectivity index is 1.71. The van der Waals surface area contributed by atoms with Gasteiger partial charge in [0.05, 0.1) is 18.3 Å². The van der Waals surface area contributed by atoms with Gasteiger partial charge in [0.25, 0.3) is 0 Å². The molecule has 3 aromatic rings. The molecule has 3 aromatic carbocycles. The molecule has 0 bridgehead atoms. The first-order valence-corrected chi connectivity index (χ1v) is 13.1. The lowest BCUT2D eigenvalue weighted by Gasteiger charge is -2.39. The summed E-state index contributed by atoms with van der Waals surface area (Å²) in [5, 5.41) is 0. The van der Waals surface area contributed by atoms with Crippen molar-refractivity contribution in [1.29, 1.82) is 0 Å². The van der Waals surface area contributed by atoms with Crippen LogP contribution >= 0.6 is 0 Å². The van der Waals surface area contributed by atoms with E-state index in [1.807, 2.05) is 0 Å². The third-order valence-corrected chi connectivity index (χ3v) is 6.27. The molecule has 216 valence electrons. The summed E-state index contributed by atoms with van der Waals surface area (Å²) in [5.41, 5.74) is 1.68. The standard InChI is InChI=1S/C26H22F7NO5S/c1-40(35)37-12-11-34-21-10-4-9-20(16-5-2-8-19(13-16)39-26(31,32)33)23(21)36-15-22(34)17-6-3-7-18(14-17)38-25(29,30)24(27)28/h2-10,13-14,22,24H,11-12,15H2,1H3. The summed E-state index contributed by atoms with van der Waals surface area (Å²) < 4.78 is 122. The van der Waals surface area contributed by atoms with Crippen LogP contribution in [0.25, 0.3) is 11.1 Å². The summed E-state index contributed by atoms with van der Waals surface area (Å²) in [5.74, 6) is -0.601. The first-order chi connectivity index (χ1) is 18.8. The highest BCUT2D eigenvalue weighted by atomic mass is 32.2. The molecule has 0 saturated heterocycles. The van der Waals surface area contributed by atoms with Gasteiger partial charge in [0.2, 0.25) is 0 Å². The minimum Gasteiger partial charge on any atom is -0.488 e. The number of halogens is 7. The van der Waals surface area contributed by atoms with Crippen molar-refractivity contribution >= 4 is 16.8 Å². The molecule has 4 rings (SSSR count). The monoisotopic (exact) mass is 593 g/mol. The number of alkyl halides is 7. The van der Waals surface area contributed by atoms with Crippen LogP contribution in [-0.2, 0) is 15.3 Å². The van der Waals surface area contributed by atoms with Gasteiger partial charge in [-0.1, -0.05) is 36.4 Å². The van der Waals surface area contributed by atoms with Gasteiger partial charge in [-0.2, -0.15) is 17.6 Å². The molecule has 2 unspecified atom stereocenters. The molecule has 1 aliphatic rings. The molecule has 0 aromatic heterocycles. The highest BCUT2D eigenvalue weighted by molar-refractivity contribution is 7.79. The molecule has 14 heteroatoms. The van der Waals surface area contributed by atoms with Gasteiger partial charge in [-0.3, -0.25) is 4.18 Å². The number of rotatable bonds is 10. The molecule has 1 aliphatic heterocycles. The molecule has 0 amide bonds. The second kappa shape index (κ2) is 11.9. The Labute approximate surface area is 226 Å². The van der Waals surface area contributed by atoms with Crippen LogP contribution in [0.4, 0.5) is 36.4 Å². The second-order valence-electron chi connectivity index (χ2n) is 8.51. The number of benzene rings is 3. The van der Waals surface area contributed by atoms with Crippen LogP contribution in [0.5, 0.6) is 17.2 Å². The molecule has 0 aliphatic carbocycles. The van der Waals surface area contributed by atoms with Gasteiger partial charge in [0.15, 0.2) is 16.8 Å². The molecule has 0 radical (unpaired) electrons. The Hall–Kier alpha value is -3.52. The van der Waals surface area contributed by atoms with Crippen molar-refractivity contribution in [2.24, 2.45) is 0 Å². The zero-order chi connectivity index (χ0) is 29.1. The summed E-state index contributed by atoms with van der Waals surface area (Å²) in [7, 11) is 0. The normalized spacial score (nSPS) is 16.3. The van der Waals surface area contributed by atoms with E-state index in [0.717, 1.165) is 12.1 Å². The predicted octanol–water partition coefficient (Wildman–Crippen LogP) is 6.74. The Morgan fingerprint density at radius 1 is 0.975 bits per heavy atom. The molecular weight excluding hydrogens is 571 g/mol. The fraction of sp³-hybridized carbons (Fsp3) is 0.308. The highest BCUT2D eigenvalue weighted by Crippen LogP contribution is 2.46. The zero-order valence-electron chi connectivity index (χ0n) is 20.7. The van der Waals surface area contributed by atoms with E-state index in [2.05, 4.69) is 9.47 Å². The molecule has 1 heterocycles. The fourth-order valence-electron chi connectivity index (χ4n) is 4.20. The average Bonchev–Trinajstić information content (AvgIpc) is 2.87. The zero-order valence-corrected chi connectivity index (χ0v) is 21.5. The van der Waals surface area contributed by atoms with Gasteiger partial charge in [-0.05, 0) is 41.5 Å². The Bertz CT molecular complexity index is 1360. The molecule has 40 heavy (non-hydrogen) atoms. The Kier molecular flexibility index (Phi) is 8.78. The highest BCUT2D eigenvalue weighted by Gasteiger charge is 2.44. The summed E-state index contributed by atoms with van der Waals surface area (Å²) in [6, 6.07) is 14.9.